The smallest absolute Gasteiger partial charge is 0.318 e. The number of hydrogen-bond donors (Lipinski definition) is 0. The topological polar surface area (TPSA) is 83.5 Å². The van der Waals surface area contributed by atoms with E-state index in [-0.39, 0.29) is 11.1 Å². The Labute approximate surface area is 316 Å². The molecule has 3 aromatic carbocycles. The van der Waals surface area contributed by atoms with Crippen LogP contribution in [0.4, 0.5) is 11.5 Å². The number of anilines is 2. The van der Waals surface area contributed by atoms with Crippen LogP contribution in [0.25, 0.3) is 10.8 Å². The first kappa shape index (κ1) is 38.3. The molecule has 0 saturated carbocycles. The number of rotatable bonds is 14. The van der Waals surface area contributed by atoms with Crippen LogP contribution in [-0.4, -0.2) is 100 Å². The van der Waals surface area contributed by atoms with Gasteiger partial charge >= 0.3 is 6.01 Å². The van der Waals surface area contributed by atoms with Crippen LogP contribution in [0.2, 0.25) is 18.1 Å². The van der Waals surface area contributed by atoms with Crippen molar-refractivity contribution in [2.45, 2.75) is 64.5 Å². The van der Waals surface area contributed by atoms with Crippen molar-refractivity contribution in [2.75, 3.05) is 69.8 Å². The second kappa shape index (κ2) is 16.7. The highest BCUT2D eigenvalue weighted by molar-refractivity contribution is 6.74. The third-order valence-electron chi connectivity index (χ3n) is 10.8. The highest BCUT2D eigenvalue weighted by atomic mass is 28.4. The van der Waals surface area contributed by atoms with Crippen LogP contribution in [0.15, 0.2) is 79.0 Å². The SMILES string of the molecule is CN(C)CCOc1nc2c(c(N3CCN(C=CC=O)C[C@@H]3CO[Si](C)(C)C(C)(C)C)n1)CCN(c1cc(OCc3ccccc3)cc3ccccc13)C2. The molecule has 6 rings (SSSR count). The van der Waals surface area contributed by atoms with Gasteiger partial charge in [-0.2, -0.15) is 9.97 Å². The molecule has 0 N–H and O–H groups in total. The van der Waals surface area contributed by atoms with E-state index in [1.165, 1.54) is 5.39 Å². The predicted octanol–water partition coefficient (Wildman–Crippen LogP) is 6.94. The van der Waals surface area contributed by atoms with Crippen molar-refractivity contribution in [2.24, 2.45) is 0 Å². The summed E-state index contributed by atoms with van der Waals surface area (Å²) in [6, 6.07) is 23.5. The largest absolute Gasteiger partial charge is 0.489 e. The van der Waals surface area contributed by atoms with E-state index in [4.69, 9.17) is 23.9 Å². The molecule has 1 saturated heterocycles. The van der Waals surface area contributed by atoms with Gasteiger partial charge in [0.15, 0.2) is 8.32 Å². The maximum atomic E-state index is 11.2. The minimum absolute atomic E-state index is 0.0308. The van der Waals surface area contributed by atoms with E-state index in [1.807, 2.05) is 38.5 Å². The van der Waals surface area contributed by atoms with Crippen LogP contribution < -0.4 is 19.3 Å². The molecule has 2 aliphatic heterocycles. The summed E-state index contributed by atoms with van der Waals surface area (Å²) >= 11 is 0. The predicted molar refractivity (Wildman–Crippen MR) is 217 cm³/mol. The van der Waals surface area contributed by atoms with Crippen molar-refractivity contribution >= 4 is 36.9 Å². The monoisotopic (exact) mass is 736 g/mol. The molecule has 11 heteroatoms. The van der Waals surface area contributed by atoms with E-state index in [0.29, 0.717) is 32.4 Å². The maximum absolute atomic E-state index is 11.2. The van der Waals surface area contributed by atoms with Crippen molar-refractivity contribution in [1.82, 2.24) is 19.8 Å². The van der Waals surface area contributed by atoms with Gasteiger partial charge in [-0.25, -0.2) is 0 Å². The van der Waals surface area contributed by atoms with Crippen LogP contribution >= 0.6 is 0 Å². The minimum atomic E-state index is -2.03. The standard InChI is InChI=1S/C42H56N6O4Si/c1-42(2,3)53(6,7)52-31-34-28-46(19-13-24-49)21-22-48(34)40-37-18-20-47(29-38(37)43-41(44-40)50-25-23-45(4)5)39-27-35(26-33-16-11-12-17-36(33)39)51-30-32-14-9-8-10-15-32/h8-17,19,24,26-27,34H,18,20-23,25,28-31H2,1-7H3/t34-/m1/s1. The molecule has 1 atom stereocenters. The van der Waals surface area contributed by atoms with Crippen LogP contribution in [0.5, 0.6) is 11.8 Å². The zero-order valence-electron chi connectivity index (χ0n) is 32.5. The van der Waals surface area contributed by atoms with Gasteiger partial charge in [0.05, 0.1) is 24.9 Å². The average Bonchev–Trinajstić information content (AvgIpc) is 3.14. The third kappa shape index (κ3) is 9.38. The van der Waals surface area contributed by atoms with Crippen LogP contribution in [0, 0.1) is 0 Å². The van der Waals surface area contributed by atoms with E-state index >= 15 is 0 Å². The van der Waals surface area contributed by atoms with E-state index in [1.54, 1.807) is 6.08 Å². The fraction of sp³-hybridized carbons (Fsp3) is 0.452. The van der Waals surface area contributed by atoms with Gasteiger partial charge in [-0.3, -0.25) is 4.79 Å². The number of fused-ring (bicyclic) bond motifs is 2. The van der Waals surface area contributed by atoms with Crippen molar-refractivity contribution in [3.63, 3.8) is 0 Å². The average molecular weight is 737 g/mol. The van der Waals surface area contributed by atoms with Crippen LogP contribution in [-0.2, 0) is 28.8 Å². The van der Waals surface area contributed by atoms with Crippen LogP contribution in [0.3, 0.4) is 0 Å². The van der Waals surface area contributed by atoms with Gasteiger partial charge in [0.2, 0.25) is 0 Å². The number of ether oxygens (including phenoxy) is 2. The Morgan fingerprint density at radius 3 is 2.49 bits per heavy atom. The molecular formula is C42H56N6O4Si. The molecule has 0 amide bonds. The molecule has 0 unspecified atom stereocenters. The highest BCUT2D eigenvalue weighted by Crippen LogP contribution is 2.39. The summed E-state index contributed by atoms with van der Waals surface area (Å²) < 4.78 is 19.5. The summed E-state index contributed by atoms with van der Waals surface area (Å²) in [5.41, 5.74) is 4.40. The van der Waals surface area contributed by atoms with E-state index in [2.05, 4.69) is 102 Å². The summed E-state index contributed by atoms with van der Waals surface area (Å²) in [4.78, 5) is 30.6. The van der Waals surface area contributed by atoms with Crippen molar-refractivity contribution in [1.29, 1.82) is 0 Å². The fourth-order valence-electron chi connectivity index (χ4n) is 6.68. The molecule has 10 nitrogen and oxygen atoms in total. The van der Waals surface area contributed by atoms with Crippen LogP contribution in [0.1, 0.15) is 37.6 Å². The lowest BCUT2D eigenvalue weighted by Crippen LogP contribution is -2.56. The molecule has 282 valence electrons. The quantitative estimate of drug-likeness (QED) is 0.0772. The van der Waals surface area contributed by atoms with Gasteiger partial charge in [0, 0.05) is 61.6 Å². The number of carbonyl (C=O) groups is 1. The van der Waals surface area contributed by atoms with Crippen molar-refractivity contribution in [3.8, 4) is 11.8 Å². The number of aromatic nitrogens is 2. The number of piperazine rings is 1. The number of aldehydes is 1. The number of nitrogens with zero attached hydrogens (tertiary/aromatic N) is 6. The summed E-state index contributed by atoms with van der Waals surface area (Å²) in [5, 5.41) is 2.41. The first-order valence-corrected chi connectivity index (χ1v) is 21.7. The first-order chi connectivity index (χ1) is 25.4. The Kier molecular flexibility index (Phi) is 12.1. The molecule has 2 aliphatic rings. The van der Waals surface area contributed by atoms with E-state index in [9.17, 15) is 4.79 Å². The van der Waals surface area contributed by atoms with Gasteiger partial charge in [-0.15, -0.1) is 0 Å². The number of carbonyl (C=O) groups excluding carboxylic acids is 1. The summed E-state index contributed by atoms with van der Waals surface area (Å²) in [6.45, 7) is 17.4. The summed E-state index contributed by atoms with van der Waals surface area (Å²) in [6.07, 6.45) is 5.10. The van der Waals surface area contributed by atoms with E-state index < -0.39 is 8.32 Å². The van der Waals surface area contributed by atoms with Gasteiger partial charge < -0.3 is 33.5 Å². The number of hydrogen-bond acceptors (Lipinski definition) is 10. The van der Waals surface area contributed by atoms with Crippen molar-refractivity contribution < 1.29 is 18.7 Å². The number of allylic oxidation sites excluding steroid dienone is 1. The second-order valence-electron chi connectivity index (χ2n) is 15.9. The molecule has 53 heavy (non-hydrogen) atoms. The van der Waals surface area contributed by atoms with Gasteiger partial charge in [0.25, 0.3) is 0 Å². The summed E-state index contributed by atoms with van der Waals surface area (Å²) in [7, 11) is 2.04. The Hall–Kier alpha value is -4.45. The fourth-order valence-corrected chi connectivity index (χ4v) is 7.72. The molecule has 0 bridgehead atoms. The van der Waals surface area contributed by atoms with Gasteiger partial charge in [-0.1, -0.05) is 75.4 Å². The van der Waals surface area contributed by atoms with E-state index in [0.717, 1.165) is 84.9 Å². The first-order valence-electron chi connectivity index (χ1n) is 18.8. The van der Waals surface area contributed by atoms with Crippen molar-refractivity contribution in [3.05, 3.63) is 95.8 Å². The molecule has 0 spiro atoms. The maximum Gasteiger partial charge on any atom is 0.318 e. The molecular weight excluding hydrogens is 681 g/mol. The number of benzene rings is 3. The lowest BCUT2D eigenvalue weighted by atomic mass is 10.0. The Bertz CT molecular complexity index is 1880. The molecule has 3 heterocycles. The number of likely N-dealkylation sites (N-methyl/N-ethyl adjacent to an activating group) is 1. The lowest BCUT2D eigenvalue weighted by molar-refractivity contribution is -0.104. The van der Waals surface area contributed by atoms with Gasteiger partial charge in [0.1, 0.15) is 31.1 Å². The zero-order chi connectivity index (χ0) is 37.6. The van der Waals surface area contributed by atoms with Gasteiger partial charge in [-0.05, 0) is 61.7 Å². The molecule has 4 aromatic rings. The second-order valence-corrected chi connectivity index (χ2v) is 20.7. The molecule has 0 aliphatic carbocycles. The Morgan fingerprint density at radius 2 is 1.74 bits per heavy atom. The lowest BCUT2D eigenvalue weighted by Gasteiger charge is -2.45. The molecule has 1 aromatic heterocycles. The third-order valence-corrected chi connectivity index (χ3v) is 15.3. The zero-order valence-corrected chi connectivity index (χ0v) is 33.5. The Morgan fingerprint density at radius 1 is 0.962 bits per heavy atom. The minimum Gasteiger partial charge on any atom is -0.489 e. The molecule has 0 radical (unpaired) electrons. The molecule has 1 fully saturated rings. The normalized spacial score (nSPS) is 16.8. The highest BCUT2D eigenvalue weighted by Gasteiger charge is 2.39. The summed E-state index contributed by atoms with van der Waals surface area (Å²) in [5.74, 6) is 1.78. The Balaban J connectivity index is 1.34.